The van der Waals surface area contributed by atoms with Gasteiger partial charge < -0.3 is 4.52 Å². The summed E-state index contributed by atoms with van der Waals surface area (Å²) in [6, 6.07) is 11.4. The molecule has 0 fully saturated rings. The highest BCUT2D eigenvalue weighted by molar-refractivity contribution is 7.98. The van der Waals surface area contributed by atoms with Gasteiger partial charge in [0.25, 0.3) is 5.78 Å². The zero-order chi connectivity index (χ0) is 17.4. The summed E-state index contributed by atoms with van der Waals surface area (Å²) in [5, 5.41) is 9.93. The van der Waals surface area contributed by atoms with E-state index in [9.17, 15) is 0 Å². The Bertz CT molecular complexity index is 1040. The van der Waals surface area contributed by atoms with Gasteiger partial charge in [-0.2, -0.15) is 4.98 Å². The lowest BCUT2D eigenvalue weighted by molar-refractivity contribution is 0.397. The van der Waals surface area contributed by atoms with Gasteiger partial charge in [-0.05, 0) is 32.0 Å². The normalized spacial score (nSPS) is 11.3. The van der Waals surface area contributed by atoms with Gasteiger partial charge in [0.1, 0.15) is 11.5 Å². The second-order valence-corrected chi connectivity index (χ2v) is 7.00. The van der Waals surface area contributed by atoms with Crippen LogP contribution < -0.4 is 0 Å². The first-order chi connectivity index (χ1) is 12.1. The van der Waals surface area contributed by atoms with Crippen molar-refractivity contribution < 1.29 is 4.52 Å². The summed E-state index contributed by atoms with van der Waals surface area (Å²) < 4.78 is 7.15. The van der Waals surface area contributed by atoms with Crippen LogP contribution in [0.25, 0.3) is 17.0 Å². The molecule has 4 rings (SSSR count). The average molecular weight is 372 g/mol. The SMILES string of the molecule is Cc1cc(C)n2nc(SCc3cc(-c4ccc(Cl)cc4)no3)nc2n1. The van der Waals surface area contributed by atoms with E-state index in [0.717, 1.165) is 28.4 Å². The van der Waals surface area contributed by atoms with Crippen molar-refractivity contribution >= 4 is 29.1 Å². The molecule has 0 aliphatic heterocycles. The van der Waals surface area contributed by atoms with Crippen LogP contribution in [0.4, 0.5) is 0 Å². The number of fused-ring (bicyclic) bond motifs is 1. The monoisotopic (exact) mass is 371 g/mol. The van der Waals surface area contributed by atoms with E-state index in [0.29, 0.717) is 21.7 Å². The molecular formula is C17H14ClN5OS. The minimum absolute atomic E-state index is 0.593. The highest BCUT2D eigenvalue weighted by Crippen LogP contribution is 2.25. The molecule has 25 heavy (non-hydrogen) atoms. The van der Waals surface area contributed by atoms with Crippen molar-refractivity contribution in [2.75, 3.05) is 0 Å². The zero-order valence-electron chi connectivity index (χ0n) is 13.6. The summed E-state index contributed by atoms with van der Waals surface area (Å²) in [5.41, 5.74) is 3.68. The van der Waals surface area contributed by atoms with Crippen molar-refractivity contribution in [3.8, 4) is 11.3 Å². The molecule has 0 saturated heterocycles. The highest BCUT2D eigenvalue weighted by Gasteiger charge is 2.11. The van der Waals surface area contributed by atoms with Crippen molar-refractivity contribution in [3.05, 3.63) is 58.6 Å². The van der Waals surface area contributed by atoms with E-state index >= 15 is 0 Å². The lowest BCUT2D eigenvalue weighted by atomic mass is 10.1. The molecule has 0 radical (unpaired) electrons. The van der Waals surface area contributed by atoms with Crippen LogP contribution in [-0.4, -0.2) is 24.7 Å². The maximum absolute atomic E-state index is 5.91. The molecule has 0 aliphatic rings. The van der Waals surface area contributed by atoms with Gasteiger partial charge in [-0.15, -0.1) is 5.10 Å². The van der Waals surface area contributed by atoms with Crippen LogP contribution in [0.1, 0.15) is 17.1 Å². The Morgan fingerprint density at radius 3 is 2.72 bits per heavy atom. The Labute approximate surface area is 153 Å². The number of thioether (sulfide) groups is 1. The van der Waals surface area contributed by atoms with Crippen LogP contribution >= 0.6 is 23.4 Å². The van der Waals surface area contributed by atoms with E-state index in [-0.39, 0.29) is 0 Å². The van der Waals surface area contributed by atoms with Crippen molar-refractivity contribution in [3.63, 3.8) is 0 Å². The van der Waals surface area contributed by atoms with Gasteiger partial charge in [-0.1, -0.05) is 40.7 Å². The van der Waals surface area contributed by atoms with Crippen molar-refractivity contribution in [1.82, 2.24) is 24.7 Å². The summed E-state index contributed by atoms with van der Waals surface area (Å²) in [6.07, 6.45) is 0. The summed E-state index contributed by atoms with van der Waals surface area (Å²) in [4.78, 5) is 8.84. The Balaban J connectivity index is 1.50. The fourth-order valence-corrected chi connectivity index (χ4v) is 3.30. The number of rotatable bonds is 4. The third-order valence-electron chi connectivity index (χ3n) is 3.64. The first kappa shape index (κ1) is 16.1. The van der Waals surface area contributed by atoms with Crippen LogP contribution in [0.5, 0.6) is 0 Å². The molecule has 0 bridgehead atoms. The summed E-state index contributed by atoms with van der Waals surface area (Å²) in [6.45, 7) is 3.93. The Hall–Kier alpha value is -2.38. The van der Waals surface area contributed by atoms with Gasteiger partial charge in [-0.25, -0.2) is 9.50 Å². The Kier molecular flexibility index (Phi) is 4.19. The Morgan fingerprint density at radius 1 is 1.12 bits per heavy atom. The predicted octanol–water partition coefficient (Wildman–Crippen LogP) is 4.34. The van der Waals surface area contributed by atoms with Crippen LogP contribution in [-0.2, 0) is 5.75 Å². The van der Waals surface area contributed by atoms with Gasteiger partial charge in [0, 0.05) is 28.0 Å². The number of hydrogen-bond donors (Lipinski definition) is 0. The maximum Gasteiger partial charge on any atom is 0.253 e. The summed E-state index contributed by atoms with van der Waals surface area (Å²) in [5.74, 6) is 1.96. The predicted molar refractivity (Wildman–Crippen MR) is 96.8 cm³/mol. The molecule has 0 aliphatic carbocycles. The van der Waals surface area contributed by atoms with Crippen LogP contribution in [0.3, 0.4) is 0 Å². The standard InChI is InChI=1S/C17H14ClN5OS/c1-10-7-11(2)23-16(19-10)20-17(21-23)25-9-14-8-15(22-24-14)12-3-5-13(18)6-4-12/h3-8H,9H2,1-2H3. The quantitative estimate of drug-likeness (QED) is 0.497. The summed E-state index contributed by atoms with van der Waals surface area (Å²) >= 11 is 7.39. The molecule has 0 N–H and O–H groups in total. The lowest BCUT2D eigenvalue weighted by Gasteiger charge is -1.97. The molecule has 0 amide bonds. The van der Waals surface area contributed by atoms with E-state index < -0.39 is 0 Å². The molecule has 3 heterocycles. The minimum atomic E-state index is 0.593. The number of halogens is 1. The molecular weight excluding hydrogens is 358 g/mol. The number of aromatic nitrogens is 5. The molecule has 0 atom stereocenters. The lowest BCUT2D eigenvalue weighted by Crippen LogP contribution is -1.97. The second kappa shape index (κ2) is 6.50. The summed E-state index contributed by atoms with van der Waals surface area (Å²) in [7, 11) is 0. The molecule has 0 unspecified atom stereocenters. The zero-order valence-corrected chi connectivity index (χ0v) is 15.2. The molecule has 6 nitrogen and oxygen atoms in total. The molecule has 3 aromatic heterocycles. The van der Waals surface area contributed by atoms with Crippen LogP contribution in [0, 0.1) is 13.8 Å². The van der Waals surface area contributed by atoms with Crippen LogP contribution in [0.2, 0.25) is 5.02 Å². The van der Waals surface area contributed by atoms with Gasteiger partial charge in [-0.3, -0.25) is 0 Å². The van der Waals surface area contributed by atoms with Gasteiger partial charge >= 0.3 is 0 Å². The molecule has 0 saturated carbocycles. The highest BCUT2D eigenvalue weighted by atomic mass is 35.5. The topological polar surface area (TPSA) is 69.1 Å². The van der Waals surface area contributed by atoms with E-state index in [1.165, 1.54) is 11.8 Å². The number of nitrogens with zero attached hydrogens (tertiary/aromatic N) is 5. The van der Waals surface area contributed by atoms with Crippen molar-refractivity contribution in [1.29, 1.82) is 0 Å². The molecule has 1 aromatic carbocycles. The fraction of sp³-hybridized carbons (Fsp3) is 0.176. The molecule has 0 spiro atoms. The van der Waals surface area contributed by atoms with Gasteiger partial charge in [0.05, 0.1) is 5.75 Å². The van der Waals surface area contributed by atoms with Gasteiger partial charge in [0.2, 0.25) is 5.16 Å². The number of benzene rings is 1. The molecule has 4 aromatic rings. The first-order valence-corrected chi connectivity index (χ1v) is 9.00. The number of hydrogen-bond acceptors (Lipinski definition) is 6. The third kappa shape index (κ3) is 3.38. The first-order valence-electron chi connectivity index (χ1n) is 7.64. The average Bonchev–Trinajstić information content (AvgIpc) is 3.20. The van der Waals surface area contributed by atoms with E-state index in [1.807, 2.05) is 50.2 Å². The third-order valence-corrected chi connectivity index (χ3v) is 4.75. The maximum atomic E-state index is 5.91. The van der Waals surface area contributed by atoms with E-state index in [4.69, 9.17) is 16.1 Å². The fourth-order valence-electron chi connectivity index (χ4n) is 2.48. The Morgan fingerprint density at radius 2 is 1.92 bits per heavy atom. The largest absolute Gasteiger partial charge is 0.360 e. The van der Waals surface area contributed by atoms with Crippen molar-refractivity contribution in [2.45, 2.75) is 24.8 Å². The minimum Gasteiger partial charge on any atom is -0.360 e. The number of aryl methyl sites for hydroxylation is 2. The molecule has 126 valence electrons. The van der Waals surface area contributed by atoms with E-state index in [2.05, 4.69) is 20.2 Å². The van der Waals surface area contributed by atoms with Crippen molar-refractivity contribution in [2.24, 2.45) is 0 Å². The van der Waals surface area contributed by atoms with Gasteiger partial charge in [0.15, 0.2) is 0 Å². The smallest absolute Gasteiger partial charge is 0.253 e. The second-order valence-electron chi connectivity index (χ2n) is 5.62. The van der Waals surface area contributed by atoms with Crippen LogP contribution in [0.15, 0.2) is 46.1 Å². The molecule has 8 heteroatoms. The van der Waals surface area contributed by atoms with E-state index in [1.54, 1.807) is 4.52 Å².